The van der Waals surface area contributed by atoms with Crippen molar-refractivity contribution in [1.29, 1.82) is 0 Å². The molecule has 5 rings (SSSR count). The summed E-state index contributed by atoms with van der Waals surface area (Å²) in [6, 6.07) is 20.1. The topological polar surface area (TPSA) is 133 Å². The molecule has 1 aliphatic heterocycles. The number of nitrogens with one attached hydrogen (secondary N) is 1. The number of phenolic OH excluding ortho intramolecular Hbond substituents is 1. The Labute approximate surface area is 210 Å². The molecule has 0 aliphatic carbocycles. The van der Waals surface area contributed by atoms with E-state index in [4.69, 9.17) is 9.47 Å². The minimum absolute atomic E-state index is 0.00947. The predicted molar refractivity (Wildman–Crippen MR) is 134 cm³/mol. The third-order valence-corrected chi connectivity index (χ3v) is 6.33. The van der Waals surface area contributed by atoms with Crippen LogP contribution in [-0.2, 0) is 5.75 Å². The number of aromatic nitrogens is 3. The summed E-state index contributed by atoms with van der Waals surface area (Å²) in [5, 5.41) is 34.3. The molecule has 0 fully saturated rings. The number of nitro groups is 1. The van der Waals surface area contributed by atoms with E-state index >= 15 is 0 Å². The van der Waals surface area contributed by atoms with Crippen molar-refractivity contribution in [2.24, 2.45) is 0 Å². The molecule has 2 heterocycles. The van der Waals surface area contributed by atoms with Gasteiger partial charge in [-0.3, -0.25) is 10.1 Å². The molecule has 11 heteroatoms. The molecule has 4 aromatic rings. The smallest absolute Gasteiger partial charge is 0.315 e. The van der Waals surface area contributed by atoms with Crippen molar-refractivity contribution in [3.05, 3.63) is 88.0 Å². The van der Waals surface area contributed by atoms with Gasteiger partial charge < -0.3 is 19.9 Å². The molecule has 10 nitrogen and oxygen atoms in total. The summed E-state index contributed by atoms with van der Waals surface area (Å²) in [6.07, 6.45) is -0.880. The van der Waals surface area contributed by atoms with Gasteiger partial charge in [-0.15, -0.1) is 10.2 Å². The van der Waals surface area contributed by atoms with E-state index in [9.17, 15) is 15.2 Å². The summed E-state index contributed by atoms with van der Waals surface area (Å²) in [5.41, 5.74) is 2.88. The standard InChI is InChI=1S/C25H21N5O5S/c1-2-34-20-13-16(12-19(22(20)31)30(32)33)23-26-18-11-7-6-10-17(18)21-24(35-23)27-25(29-28-21)36-14-15-8-4-3-5-9-15/h3-13,23,26,31H,2,14H2,1H3. The van der Waals surface area contributed by atoms with Crippen molar-refractivity contribution in [3.8, 4) is 28.6 Å². The Morgan fingerprint density at radius 3 is 2.69 bits per heavy atom. The van der Waals surface area contributed by atoms with Crippen LogP contribution in [0.2, 0.25) is 0 Å². The van der Waals surface area contributed by atoms with Gasteiger partial charge in [-0.25, -0.2) is 0 Å². The minimum Gasteiger partial charge on any atom is -0.500 e. The Kier molecular flexibility index (Phi) is 6.54. The molecule has 0 radical (unpaired) electrons. The fourth-order valence-electron chi connectivity index (χ4n) is 3.75. The summed E-state index contributed by atoms with van der Waals surface area (Å²) in [6.45, 7) is 1.94. The maximum absolute atomic E-state index is 11.6. The van der Waals surface area contributed by atoms with Crippen LogP contribution < -0.4 is 14.8 Å². The number of anilines is 1. The summed E-state index contributed by atoms with van der Waals surface area (Å²) >= 11 is 1.42. The number of para-hydroxylation sites is 1. The van der Waals surface area contributed by atoms with E-state index in [-0.39, 0.29) is 18.2 Å². The fourth-order valence-corrected chi connectivity index (χ4v) is 4.49. The summed E-state index contributed by atoms with van der Waals surface area (Å²) in [7, 11) is 0. The first-order valence-electron chi connectivity index (χ1n) is 11.1. The van der Waals surface area contributed by atoms with Crippen LogP contribution in [0.5, 0.6) is 17.4 Å². The van der Waals surface area contributed by atoms with Gasteiger partial charge in [-0.05, 0) is 24.6 Å². The highest BCUT2D eigenvalue weighted by Gasteiger charge is 2.29. The Balaban J connectivity index is 1.54. The van der Waals surface area contributed by atoms with Crippen molar-refractivity contribution in [2.45, 2.75) is 24.1 Å². The van der Waals surface area contributed by atoms with E-state index < -0.39 is 22.6 Å². The van der Waals surface area contributed by atoms with Crippen LogP contribution >= 0.6 is 11.8 Å². The molecular formula is C25H21N5O5S. The molecule has 36 heavy (non-hydrogen) atoms. The highest BCUT2D eigenvalue weighted by Crippen LogP contribution is 2.43. The predicted octanol–water partition coefficient (Wildman–Crippen LogP) is 5.35. The molecule has 0 saturated carbocycles. The van der Waals surface area contributed by atoms with Crippen LogP contribution in [0.1, 0.15) is 24.3 Å². The highest BCUT2D eigenvalue weighted by atomic mass is 32.2. The molecule has 2 N–H and O–H groups in total. The van der Waals surface area contributed by atoms with Gasteiger partial charge in [0.2, 0.25) is 16.8 Å². The van der Waals surface area contributed by atoms with Crippen LogP contribution in [0.15, 0.2) is 71.9 Å². The number of ether oxygens (including phenoxy) is 2. The molecule has 3 aromatic carbocycles. The van der Waals surface area contributed by atoms with Gasteiger partial charge in [0.1, 0.15) is 0 Å². The van der Waals surface area contributed by atoms with Crippen molar-refractivity contribution in [1.82, 2.24) is 15.2 Å². The summed E-state index contributed by atoms with van der Waals surface area (Å²) in [4.78, 5) is 15.6. The molecular weight excluding hydrogens is 482 g/mol. The lowest BCUT2D eigenvalue weighted by molar-refractivity contribution is -0.386. The fraction of sp³-hybridized carbons (Fsp3) is 0.160. The second-order valence-corrected chi connectivity index (χ2v) is 8.73. The van der Waals surface area contributed by atoms with Gasteiger partial charge >= 0.3 is 5.69 Å². The van der Waals surface area contributed by atoms with E-state index in [2.05, 4.69) is 20.5 Å². The number of hydrogen-bond acceptors (Lipinski definition) is 10. The summed E-state index contributed by atoms with van der Waals surface area (Å²) in [5.74, 6) is 0.339. The monoisotopic (exact) mass is 503 g/mol. The van der Waals surface area contributed by atoms with Crippen LogP contribution in [0.3, 0.4) is 0 Å². The van der Waals surface area contributed by atoms with E-state index in [1.54, 1.807) is 6.92 Å². The zero-order valence-corrected chi connectivity index (χ0v) is 19.9. The second-order valence-electron chi connectivity index (χ2n) is 7.79. The molecule has 0 amide bonds. The molecule has 0 spiro atoms. The lowest BCUT2D eigenvalue weighted by Crippen LogP contribution is -2.17. The number of hydrogen-bond donors (Lipinski definition) is 2. The number of thioether (sulfide) groups is 1. The first kappa shape index (κ1) is 23.4. The van der Waals surface area contributed by atoms with E-state index in [1.165, 1.54) is 23.9 Å². The second kappa shape index (κ2) is 10.1. The zero-order valence-electron chi connectivity index (χ0n) is 19.1. The number of rotatable bonds is 7. The lowest BCUT2D eigenvalue weighted by Gasteiger charge is -2.20. The quantitative estimate of drug-likeness (QED) is 0.193. The molecule has 0 saturated heterocycles. The van der Waals surface area contributed by atoms with E-state index in [0.717, 1.165) is 11.1 Å². The number of fused-ring (bicyclic) bond motifs is 3. The first-order valence-corrected chi connectivity index (χ1v) is 12.1. The average molecular weight is 504 g/mol. The third kappa shape index (κ3) is 4.73. The van der Waals surface area contributed by atoms with Crippen molar-refractivity contribution < 1.29 is 19.5 Å². The SMILES string of the molecule is CCOc1cc(C2Nc3ccccc3-c3nnc(SCc4ccccc4)nc3O2)cc([N+](=O)[O-])c1O. The minimum atomic E-state index is -0.880. The lowest BCUT2D eigenvalue weighted by atomic mass is 10.1. The molecule has 1 aromatic heterocycles. The van der Waals surface area contributed by atoms with Gasteiger partial charge in [-0.2, -0.15) is 4.98 Å². The van der Waals surface area contributed by atoms with Gasteiger partial charge in [0.05, 0.1) is 11.5 Å². The molecule has 0 bridgehead atoms. The van der Waals surface area contributed by atoms with Crippen LogP contribution in [0, 0.1) is 10.1 Å². The van der Waals surface area contributed by atoms with Crippen LogP contribution in [0.4, 0.5) is 11.4 Å². The van der Waals surface area contributed by atoms with E-state index in [0.29, 0.717) is 27.9 Å². The summed E-state index contributed by atoms with van der Waals surface area (Å²) < 4.78 is 11.7. The zero-order chi connectivity index (χ0) is 25.1. The Morgan fingerprint density at radius 1 is 1.14 bits per heavy atom. The Hall–Kier alpha value is -4.38. The number of benzene rings is 3. The van der Waals surface area contributed by atoms with Gasteiger partial charge in [-0.1, -0.05) is 60.3 Å². The number of nitrogens with zero attached hydrogens (tertiary/aromatic N) is 4. The van der Waals surface area contributed by atoms with Crippen molar-refractivity contribution >= 4 is 23.1 Å². The van der Waals surface area contributed by atoms with Crippen molar-refractivity contribution in [2.75, 3.05) is 11.9 Å². The first-order chi connectivity index (χ1) is 17.5. The van der Waals surface area contributed by atoms with Crippen LogP contribution in [-0.4, -0.2) is 31.8 Å². The molecule has 1 atom stereocenters. The van der Waals surface area contributed by atoms with Crippen molar-refractivity contribution in [3.63, 3.8) is 0 Å². The molecule has 1 unspecified atom stereocenters. The number of phenols is 1. The largest absolute Gasteiger partial charge is 0.500 e. The third-order valence-electron chi connectivity index (χ3n) is 5.42. The Bertz CT molecular complexity index is 1420. The Morgan fingerprint density at radius 2 is 1.92 bits per heavy atom. The highest BCUT2D eigenvalue weighted by molar-refractivity contribution is 7.98. The molecule has 182 valence electrons. The maximum atomic E-state index is 11.6. The van der Waals surface area contributed by atoms with Gasteiger partial charge in [0.15, 0.2) is 17.7 Å². The molecule has 1 aliphatic rings. The maximum Gasteiger partial charge on any atom is 0.315 e. The van der Waals surface area contributed by atoms with E-state index in [1.807, 2.05) is 54.6 Å². The van der Waals surface area contributed by atoms with Gasteiger partial charge in [0, 0.05) is 28.6 Å². The number of nitro benzene ring substituents is 1. The number of aromatic hydroxyl groups is 1. The normalized spacial score (nSPS) is 14.0. The van der Waals surface area contributed by atoms with Gasteiger partial charge in [0.25, 0.3) is 0 Å². The average Bonchev–Trinajstić information content (AvgIpc) is 3.06. The van der Waals surface area contributed by atoms with Crippen LogP contribution in [0.25, 0.3) is 11.3 Å².